The van der Waals surface area contributed by atoms with Crippen LogP contribution in [0.3, 0.4) is 0 Å². The molecule has 0 aliphatic rings. The normalized spacial score (nSPS) is 9.59. The van der Waals surface area contributed by atoms with Crippen molar-refractivity contribution in [3.8, 4) is 0 Å². The molecule has 5 heteroatoms. The Balaban J connectivity index is 2.68. The maximum Gasteiger partial charge on any atom is 0.319 e. The van der Waals surface area contributed by atoms with Crippen molar-refractivity contribution in [3.05, 3.63) is 24.3 Å². The Kier molecular flexibility index (Phi) is 4.51. The third-order valence-corrected chi connectivity index (χ3v) is 2.32. The third kappa shape index (κ3) is 3.79. The minimum Gasteiger partial charge on any atom is -0.338 e. The molecule has 0 spiro atoms. The quantitative estimate of drug-likeness (QED) is 0.839. The van der Waals surface area contributed by atoms with E-state index in [4.69, 9.17) is 0 Å². The number of hydrogen-bond acceptors (Lipinski definition) is 2. The summed E-state index contributed by atoms with van der Waals surface area (Å²) in [4.78, 5) is 23.9. The van der Waals surface area contributed by atoms with Gasteiger partial charge in [-0.25, -0.2) is 4.79 Å². The topological polar surface area (TPSA) is 61.4 Å². The summed E-state index contributed by atoms with van der Waals surface area (Å²) in [6.07, 6.45) is 0. The molecule has 0 bridgehead atoms. The van der Waals surface area contributed by atoms with Crippen LogP contribution in [0, 0.1) is 0 Å². The third-order valence-electron chi connectivity index (χ3n) is 2.32. The number of nitrogens with zero attached hydrogens (tertiary/aromatic N) is 1. The Morgan fingerprint density at radius 2 is 1.82 bits per heavy atom. The lowest BCUT2D eigenvalue weighted by Crippen LogP contribution is -2.28. The number of hydrogen-bond donors (Lipinski definition) is 2. The highest BCUT2D eigenvalue weighted by molar-refractivity contribution is 5.92. The van der Waals surface area contributed by atoms with Gasteiger partial charge >= 0.3 is 6.03 Å². The molecule has 0 fully saturated rings. The van der Waals surface area contributed by atoms with Crippen LogP contribution in [0.15, 0.2) is 24.3 Å². The van der Waals surface area contributed by atoms with Crippen LogP contribution in [-0.4, -0.2) is 25.5 Å². The van der Waals surface area contributed by atoms with Gasteiger partial charge in [0.1, 0.15) is 0 Å². The van der Waals surface area contributed by atoms with Gasteiger partial charge in [-0.2, -0.15) is 0 Å². The lowest BCUT2D eigenvalue weighted by molar-refractivity contribution is -0.116. The van der Waals surface area contributed by atoms with Crippen molar-refractivity contribution in [2.75, 3.05) is 23.8 Å². The monoisotopic (exact) mass is 235 g/mol. The Morgan fingerprint density at radius 1 is 1.24 bits per heavy atom. The van der Waals surface area contributed by atoms with Gasteiger partial charge in [-0.05, 0) is 31.2 Å². The first-order valence-electron chi connectivity index (χ1n) is 5.43. The van der Waals surface area contributed by atoms with Gasteiger partial charge in [0.25, 0.3) is 0 Å². The summed E-state index contributed by atoms with van der Waals surface area (Å²) in [6.45, 7) is 3.93. The molecule has 92 valence electrons. The van der Waals surface area contributed by atoms with E-state index in [9.17, 15) is 9.59 Å². The van der Waals surface area contributed by atoms with Gasteiger partial charge in [-0.1, -0.05) is 0 Å². The number of carbonyl (C=O) groups excluding carboxylic acids is 2. The number of anilines is 2. The van der Waals surface area contributed by atoms with E-state index in [1.54, 1.807) is 31.3 Å². The smallest absolute Gasteiger partial charge is 0.319 e. The fraction of sp³-hybridized carbons (Fsp3) is 0.333. The number of urea groups is 1. The predicted molar refractivity (Wildman–Crippen MR) is 68.2 cm³/mol. The SMILES string of the molecule is CCNC(=O)Nc1ccc(N(C)C(C)=O)cc1. The summed E-state index contributed by atoms with van der Waals surface area (Å²) in [7, 11) is 1.70. The van der Waals surface area contributed by atoms with Crippen molar-refractivity contribution in [2.24, 2.45) is 0 Å². The summed E-state index contributed by atoms with van der Waals surface area (Å²) < 4.78 is 0. The molecular formula is C12H17N3O2. The first-order valence-corrected chi connectivity index (χ1v) is 5.43. The van der Waals surface area contributed by atoms with Crippen LogP contribution in [-0.2, 0) is 4.79 Å². The van der Waals surface area contributed by atoms with E-state index >= 15 is 0 Å². The first-order chi connectivity index (χ1) is 8.04. The maximum absolute atomic E-state index is 11.3. The highest BCUT2D eigenvalue weighted by Gasteiger charge is 2.05. The van der Waals surface area contributed by atoms with Gasteiger partial charge in [0.2, 0.25) is 5.91 Å². The molecule has 0 aromatic heterocycles. The van der Waals surface area contributed by atoms with Crippen LogP contribution in [0.4, 0.5) is 16.2 Å². The van der Waals surface area contributed by atoms with Gasteiger partial charge in [0, 0.05) is 31.9 Å². The molecule has 0 atom stereocenters. The molecule has 17 heavy (non-hydrogen) atoms. The van der Waals surface area contributed by atoms with E-state index in [2.05, 4.69) is 10.6 Å². The molecule has 1 aromatic rings. The van der Waals surface area contributed by atoms with Crippen molar-refractivity contribution < 1.29 is 9.59 Å². The molecule has 1 aromatic carbocycles. The molecule has 1 rings (SSSR count). The van der Waals surface area contributed by atoms with Crippen molar-refractivity contribution in [3.63, 3.8) is 0 Å². The Bertz CT molecular complexity index is 401. The largest absolute Gasteiger partial charge is 0.338 e. The van der Waals surface area contributed by atoms with Gasteiger partial charge < -0.3 is 15.5 Å². The maximum atomic E-state index is 11.3. The van der Waals surface area contributed by atoms with E-state index in [1.807, 2.05) is 6.92 Å². The molecular weight excluding hydrogens is 218 g/mol. The van der Waals surface area contributed by atoms with Crippen LogP contribution in [0.2, 0.25) is 0 Å². The lowest BCUT2D eigenvalue weighted by atomic mass is 10.2. The van der Waals surface area contributed by atoms with Crippen LogP contribution in [0.5, 0.6) is 0 Å². The van der Waals surface area contributed by atoms with Crippen LogP contribution >= 0.6 is 0 Å². The Hall–Kier alpha value is -2.04. The second kappa shape index (κ2) is 5.89. The molecule has 3 amide bonds. The minimum atomic E-state index is -0.236. The molecule has 0 aliphatic heterocycles. The summed E-state index contributed by atoms with van der Waals surface area (Å²) in [5, 5.41) is 5.32. The Morgan fingerprint density at radius 3 is 2.29 bits per heavy atom. The summed E-state index contributed by atoms with van der Waals surface area (Å²) >= 11 is 0. The average molecular weight is 235 g/mol. The number of rotatable bonds is 3. The van der Waals surface area contributed by atoms with Crippen LogP contribution < -0.4 is 15.5 Å². The lowest BCUT2D eigenvalue weighted by Gasteiger charge is -2.15. The zero-order valence-corrected chi connectivity index (χ0v) is 10.3. The van der Waals surface area contributed by atoms with E-state index in [0.29, 0.717) is 12.2 Å². The number of benzene rings is 1. The van der Waals surface area contributed by atoms with E-state index < -0.39 is 0 Å². The average Bonchev–Trinajstić information content (AvgIpc) is 2.29. The van der Waals surface area contributed by atoms with E-state index in [1.165, 1.54) is 11.8 Å². The molecule has 0 saturated heterocycles. The molecule has 0 radical (unpaired) electrons. The first kappa shape index (κ1) is 13.0. The van der Waals surface area contributed by atoms with Crippen molar-refractivity contribution in [1.82, 2.24) is 5.32 Å². The van der Waals surface area contributed by atoms with Gasteiger partial charge in [0.15, 0.2) is 0 Å². The molecule has 0 aliphatic carbocycles. The van der Waals surface area contributed by atoms with Crippen LogP contribution in [0.25, 0.3) is 0 Å². The van der Waals surface area contributed by atoms with Gasteiger partial charge in [-0.15, -0.1) is 0 Å². The zero-order chi connectivity index (χ0) is 12.8. The van der Waals surface area contributed by atoms with Crippen molar-refractivity contribution in [1.29, 1.82) is 0 Å². The number of amides is 3. The van der Waals surface area contributed by atoms with Crippen molar-refractivity contribution >= 4 is 23.3 Å². The van der Waals surface area contributed by atoms with Gasteiger partial charge in [0.05, 0.1) is 0 Å². The zero-order valence-electron chi connectivity index (χ0n) is 10.3. The molecule has 5 nitrogen and oxygen atoms in total. The summed E-state index contributed by atoms with van der Waals surface area (Å²) in [5.74, 6) is -0.0329. The second-order valence-electron chi connectivity index (χ2n) is 3.61. The van der Waals surface area contributed by atoms with E-state index in [0.717, 1.165) is 5.69 Å². The fourth-order valence-corrected chi connectivity index (χ4v) is 1.29. The van der Waals surface area contributed by atoms with Crippen LogP contribution in [0.1, 0.15) is 13.8 Å². The van der Waals surface area contributed by atoms with E-state index in [-0.39, 0.29) is 11.9 Å². The van der Waals surface area contributed by atoms with Crippen molar-refractivity contribution in [2.45, 2.75) is 13.8 Å². The number of carbonyl (C=O) groups is 2. The molecule has 0 unspecified atom stereocenters. The van der Waals surface area contributed by atoms with Gasteiger partial charge in [-0.3, -0.25) is 4.79 Å². The fourth-order valence-electron chi connectivity index (χ4n) is 1.29. The predicted octanol–water partition coefficient (Wildman–Crippen LogP) is 1.81. The molecule has 0 saturated carbocycles. The Labute approximate surface area is 101 Å². The minimum absolute atomic E-state index is 0.0329. The standard InChI is InChI=1S/C12H17N3O2/c1-4-13-12(17)14-10-5-7-11(8-6-10)15(3)9(2)16/h5-8H,4H2,1-3H3,(H2,13,14,17). The second-order valence-corrected chi connectivity index (χ2v) is 3.61. The highest BCUT2D eigenvalue weighted by Crippen LogP contribution is 2.16. The molecule has 2 N–H and O–H groups in total. The number of nitrogens with one attached hydrogen (secondary N) is 2. The summed E-state index contributed by atoms with van der Waals surface area (Å²) in [5.41, 5.74) is 1.48. The molecule has 0 heterocycles. The summed E-state index contributed by atoms with van der Waals surface area (Å²) in [6, 6.07) is 6.83. The highest BCUT2D eigenvalue weighted by atomic mass is 16.2.